The number of piperidine rings is 1. The van der Waals surface area contributed by atoms with Gasteiger partial charge in [0, 0.05) is 25.7 Å². The zero-order chi connectivity index (χ0) is 21.2. The molecule has 0 radical (unpaired) electrons. The molecular weight excluding hydrogens is 382 g/mol. The minimum Gasteiger partial charge on any atom is -0.484 e. The van der Waals surface area contributed by atoms with Crippen molar-refractivity contribution in [3.63, 3.8) is 0 Å². The SMILES string of the molecule is O=C(NCC1CCN(C(=O)COc2ccccc2)CC1)C(=O)NC1CCCCCC1. The van der Waals surface area contributed by atoms with E-state index in [2.05, 4.69) is 10.6 Å². The molecule has 7 nitrogen and oxygen atoms in total. The van der Waals surface area contributed by atoms with Crippen molar-refractivity contribution in [2.24, 2.45) is 5.92 Å². The van der Waals surface area contributed by atoms with Crippen molar-refractivity contribution in [1.82, 2.24) is 15.5 Å². The molecule has 7 heteroatoms. The first kappa shape index (κ1) is 22.1. The van der Waals surface area contributed by atoms with Gasteiger partial charge >= 0.3 is 11.8 Å². The van der Waals surface area contributed by atoms with Crippen LogP contribution < -0.4 is 15.4 Å². The summed E-state index contributed by atoms with van der Waals surface area (Å²) in [5.41, 5.74) is 0. The number of rotatable bonds is 6. The summed E-state index contributed by atoms with van der Waals surface area (Å²) in [4.78, 5) is 38.4. The maximum Gasteiger partial charge on any atom is 0.309 e. The molecule has 0 aromatic heterocycles. The van der Waals surface area contributed by atoms with Gasteiger partial charge in [-0.3, -0.25) is 14.4 Å². The van der Waals surface area contributed by atoms with E-state index in [1.165, 1.54) is 12.8 Å². The van der Waals surface area contributed by atoms with E-state index in [0.29, 0.717) is 25.4 Å². The largest absolute Gasteiger partial charge is 0.484 e. The smallest absolute Gasteiger partial charge is 0.309 e. The zero-order valence-electron chi connectivity index (χ0n) is 17.6. The Labute approximate surface area is 178 Å². The van der Waals surface area contributed by atoms with Gasteiger partial charge in [0.15, 0.2) is 6.61 Å². The third-order valence-electron chi connectivity index (χ3n) is 6.02. The lowest BCUT2D eigenvalue weighted by Gasteiger charge is -2.32. The molecule has 0 unspecified atom stereocenters. The number of nitrogens with zero attached hydrogens (tertiary/aromatic N) is 1. The third-order valence-corrected chi connectivity index (χ3v) is 6.02. The highest BCUT2D eigenvalue weighted by atomic mass is 16.5. The van der Waals surface area contributed by atoms with Crippen LogP contribution >= 0.6 is 0 Å². The van der Waals surface area contributed by atoms with Crippen molar-refractivity contribution in [3.8, 4) is 5.75 Å². The van der Waals surface area contributed by atoms with Crippen molar-refractivity contribution in [1.29, 1.82) is 0 Å². The highest BCUT2D eigenvalue weighted by molar-refractivity contribution is 6.35. The lowest BCUT2D eigenvalue weighted by molar-refractivity contribution is -0.140. The van der Waals surface area contributed by atoms with Crippen molar-refractivity contribution < 1.29 is 19.1 Å². The van der Waals surface area contributed by atoms with Crippen LogP contribution in [0.5, 0.6) is 5.75 Å². The number of nitrogens with one attached hydrogen (secondary N) is 2. The molecule has 2 N–H and O–H groups in total. The number of hydrogen-bond donors (Lipinski definition) is 2. The van der Waals surface area contributed by atoms with E-state index in [1.807, 2.05) is 30.3 Å². The topological polar surface area (TPSA) is 87.7 Å². The lowest BCUT2D eigenvalue weighted by Crippen LogP contribution is -2.47. The van der Waals surface area contributed by atoms with Crippen molar-refractivity contribution in [2.45, 2.75) is 57.4 Å². The molecule has 30 heavy (non-hydrogen) atoms. The second-order valence-corrected chi connectivity index (χ2v) is 8.30. The number of carbonyl (C=O) groups is 3. The second-order valence-electron chi connectivity index (χ2n) is 8.30. The molecule has 0 bridgehead atoms. The Balaban J connectivity index is 1.31. The molecule has 1 saturated carbocycles. The molecule has 1 aromatic carbocycles. The Morgan fingerprint density at radius 1 is 0.900 bits per heavy atom. The Kier molecular flexibility index (Phi) is 8.53. The molecule has 1 aliphatic heterocycles. The molecule has 1 aromatic rings. The van der Waals surface area contributed by atoms with Gasteiger partial charge in [0.2, 0.25) is 0 Å². The predicted molar refractivity (Wildman–Crippen MR) is 114 cm³/mol. The quantitative estimate of drug-likeness (QED) is 0.551. The molecule has 0 spiro atoms. The number of hydrogen-bond acceptors (Lipinski definition) is 4. The van der Waals surface area contributed by atoms with Gasteiger partial charge in [-0.05, 0) is 43.7 Å². The summed E-state index contributed by atoms with van der Waals surface area (Å²) in [6.45, 7) is 1.80. The number of para-hydroxylation sites is 1. The van der Waals surface area contributed by atoms with Crippen LogP contribution in [0.15, 0.2) is 30.3 Å². The minimum absolute atomic E-state index is 0.0240. The average Bonchev–Trinajstić information content (AvgIpc) is 3.05. The molecule has 164 valence electrons. The fourth-order valence-electron chi connectivity index (χ4n) is 4.13. The molecule has 2 aliphatic rings. The van der Waals surface area contributed by atoms with Gasteiger partial charge in [-0.1, -0.05) is 43.9 Å². The number of ether oxygens (including phenoxy) is 1. The fourth-order valence-corrected chi connectivity index (χ4v) is 4.13. The summed E-state index contributed by atoms with van der Waals surface area (Å²) >= 11 is 0. The first-order valence-corrected chi connectivity index (χ1v) is 11.2. The van der Waals surface area contributed by atoms with Crippen LogP contribution in [0, 0.1) is 5.92 Å². The average molecular weight is 416 g/mol. The summed E-state index contributed by atoms with van der Waals surface area (Å²) < 4.78 is 5.53. The van der Waals surface area contributed by atoms with Gasteiger partial charge in [-0.2, -0.15) is 0 Å². The summed E-state index contributed by atoms with van der Waals surface area (Å²) in [6.07, 6.45) is 8.17. The van der Waals surface area contributed by atoms with Gasteiger partial charge < -0.3 is 20.3 Å². The van der Waals surface area contributed by atoms with E-state index >= 15 is 0 Å². The summed E-state index contributed by atoms with van der Waals surface area (Å²) in [7, 11) is 0. The Bertz CT molecular complexity index is 694. The van der Waals surface area contributed by atoms with Crippen molar-refractivity contribution >= 4 is 17.7 Å². The molecule has 3 rings (SSSR count). The maximum absolute atomic E-state index is 12.3. The lowest BCUT2D eigenvalue weighted by atomic mass is 9.96. The number of carbonyl (C=O) groups excluding carboxylic acids is 3. The van der Waals surface area contributed by atoms with E-state index in [4.69, 9.17) is 4.74 Å². The third kappa shape index (κ3) is 7.04. The van der Waals surface area contributed by atoms with Gasteiger partial charge in [0.25, 0.3) is 5.91 Å². The molecule has 1 heterocycles. The number of amides is 3. The van der Waals surface area contributed by atoms with E-state index in [0.717, 1.165) is 38.5 Å². The normalized spacial score (nSPS) is 18.3. The van der Waals surface area contributed by atoms with Gasteiger partial charge in [-0.15, -0.1) is 0 Å². The van der Waals surface area contributed by atoms with Crippen molar-refractivity contribution in [3.05, 3.63) is 30.3 Å². The summed E-state index contributed by atoms with van der Waals surface area (Å²) in [6, 6.07) is 9.42. The Morgan fingerprint density at radius 2 is 1.57 bits per heavy atom. The van der Waals surface area contributed by atoms with Crippen LogP contribution in [0.4, 0.5) is 0 Å². The molecule has 3 amide bonds. The minimum atomic E-state index is -0.547. The molecule has 1 saturated heterocycles. The first-order valence-electron chi connectivity index (χ1n) is 11.2. The van der Waals surface area contributed by atoms with Gasteiger partial charge in [0.05, 0.1) is 0 Å². The second kappa shape index (κ2) is 11.6. The van der Waals surface area contributed by atoms with Crippen LogP contribution in [0.1, 0.15) is 51.4 Å². The standard InChI is InChI=1S/C23H33N3O4/c27-21(17-30-20-10-6-3-7-11-20)26-14-12-18(13-15-26)16-24-22(28)23(29)25-19-8-4-1-2-5-9-19/h3,6-7,10-11,18-19H,1-2,4-5,8-9,12-17H2,(H,24,28)(H,25,29). The monoisotopic (exact) mass is 415 g/mol. The predicted octanol–water partition coefficient (Wildman–Crippen LogP) is 2.26. The van der Waals surface area contributed by atoms with E-state index in [-0.39, 0.29) is 24.5 Å². The van der Waals surface area contributed by atoms with E-state index in [1.54, 1.807) is 4.90 Å². The zero-order valence-corrected chi connectivity index (χ0v) is 17.6. The van der Waals surface area contributed by atoms with Crippen LogP contribution in [0.3, 0.4) is 0 Å². The van der Waals surface area contributed by atoms with Crippen LogP contribution in [-0.4, -0.2) is 54.9 Å². The van der Waals surface area contributed by atoms with Gasteiger partial charge in [-0.25, -0.2) is 0 Å². The number of likely N-dealkylation sites (tertiary alicyclic amines) is 1. The summed E-state index contributed by atoms with van der Waals surface area (Å²) in [5.74, 6) is -0.130. The summed E-state index contributed by atoms with van der Waals surface area (Å²) in [5, 5.41) is 5.65. The fraction of sp³-hybridized carbons (Fsp3) is 0.609. The highest BCUT2D eigenvalue weighted by Gasteiger charge is 2.25. The van der Waals surface area contributed by atoms with E-state index < -0.39 is 11.8 Å². The molecular formula is C23H33N3O4. The van der Waals surface area contributed by atoms with Crippen LogP contribution in [0.25, 0.3) is 0 Å². The molecule has 0 atom stereocenters. The number of benzene rings is 1. The van der Waals surface area contributed by atoms with Crippen molar-refractivity contribution in [2.75, 3.05) is 26.2 Å². The van der Waals surface area contributed by atoms with Gasteiger partial charge in [0.1, 0.15) is 5.75 Å². The Morgan fingerprint density at radius 3 is 2.23 bits per heavy atom. The molecule has 1 aliphatic carbocycles. The first-order chi connectivity index (χ1) is 14.6. The highest BCUT2D eigenvalue weighted by Crippen LogP contribution is 2.18. The maximum atomic E-state index is 12.3. The van der Waals surface area contributed by atoms with Crippen LogP contribution in [0.2, 0.25) is 0 Å². The van der Waals surface area contributed by atoms with E-state index in [9.17, 15) is 14.4 Å². The van der Waals surface area contributed by atoms with Crippen LogP contribution in [-0.2, 0) is 14.4 Å². The Hall–Kier alpha value is -2.57. The molecule has 2 fully saturated rings.